The molecule has 150 valence electrons. The van der Waals surface area contributed by atoms with Crippen molar-refractivity contribution in [1.82, 2.24) is 20.4 Å². The standard InChI is InChI=1S/C20H33N5O2/c1-21-20(22-7-8-24-9-13-26-14-10-24)23-17-19(18-5-3-2-4-6-18)25-11-15-27-16-12-25/h2-6,19H,7-17H2,1H3,(H2,21,22,23). The molecule has 2 fully saturated rings. The van der Waals surface area contributed by atoms with Crippen LogP contribution in [0.15, 0.2) is 35.3 Å². The van der Waals surface area contributed by atoms with Gasteiger partial charge in [-0.2, -0.15) is 0 Å². The molecular formula is C20H33N5O2. The predicted octanol–water partition coefficient (Wildman–Crippen LogP) is 0.557. The predicted molar refractivity (Wildman–Crippen MR) is 108 cm³/mol. The van der Waals surface area contributed by atoms with Crippen LogP contribution in [0, 0.1) is 0 Å². The van der Waals surface area contributed by atoms with Gasteiger partial charge < -0.3 is 20.1 Å². The van der Waals surface area contributed by atoms with Crippen LogP contribution in [0.3, 0.4) is 0 Å². The summed E-state index contributed by atoms with van der Waals surface area (Å²) < 4.78 is 10.9. The van der Waals surface area contributed by atoms with Gasteiger partial charge in [0.15, 0.2) is 5.96 Å². The van der Waals surface area contributed by atoms with Gasteiger partial charge in [0.05, 0.1) is 32.5 Å². The lowest BCUT2D eigenvalue weighted by Crippen LogP contribution is -2.48. The van der Waals surface area contributed by atoms with Gasteiger partial charge >= 0.3 is 0 Å². The summed E-state index contributed by atoms with van der Waals surface area (Å²) in [5.41, 5.74) is 1.33. The fourth-order valence-electron chi connectivity index (χ4n) is 3.59. The minimum absolute atomic E-state index is 0.313. The van der Waals surface area contributed by atoms with Gasteiger partial charge in [-0.3, -0.25) is 14.8 Å². The Labute approximate surface area is 162 Å². The number of aliphatic imine (C=N–C) groups is 1. The van der Waals surface area contributed by atoms with Crippen molar-refractivity contribution in [3.05, 3.63) is 35.9 Å². The first-order valence-electron chi connectivity index (χ1n) is 9.98. The Morgan fingerprint density at radius 1 is 1.00 bits per heavy atom. The lowest BCUT2D eigenvalue weighted by Gasteiger charge is -2.35. The number of nitrogens with one attached hydrogen (secondary N) is 2. The lowest BCUT2D eigenvalue weighted by atomic mass is 10.0. The molecule has 1 unspecified atom stereocenters. The highest BCUT2D eigenvalue weighted by Crippen LogP contribution is 2.20. The van der Waals surface area contributed by atoms with E-state index in [9.17, 15) is 0 Å². The largest absolute Gasteiger partial charge is 0.379 e. The summed E-state index contributed by atoms with van der Waals surface area (Å²) in [4.78, 5) is 9.30. The second kappa shape index (κ2) is 11.2. The van der Waals surface area contributed by atoms with Crippen molar-refractivity contribution < 1.29 is 9.47 Å². The second-order valence-corrected chi connectivity index (χ2v) is 6.91. The van der Waals surface area contributed by atoms with E-state index in [0.717, 1.165) is 78.2 Å². The van der Waals surface area contributed by atoms with Gasteiger partial charge in [0.2, 0.25) is 0 Å². The molecule has 0 aliphatic carbocycles. The number of guanidine groups is 1. The van der Waals surface area contributed by atoms with Gasteiger partial charge in [-0.25, -0.2) is 0 Å². The van der Waals surface area contributed by atoms with Crippen LogP contribution in [0.4, 0.5) is 0 Å². The van der Waals surface area contributed by atoms with Crippen LogP contribution in [0.5, 0.6) is 0 Å². The van der Waals surface area contributed by atoms with E-state index >= 15 is 0 Å². The molecule has 1 atom stereocenters. The zero-order valence-corrected chi connectivity index (χ0v) is 16.4. The van der Waals surface area contributed by atoms with Gasteiger partial charge in [0.25, 0.3) is 0 Å². The number of hydrogen-bond donors (Lipinski definition) is 2. The number of morpholine rings is 2. The Hall–Kier alpha value is -1.67. The van der Waals surface area contributed by atoms with Crippen molar-refractivity contribution in [1.29, 1.82) is 0 Å². The molecule has 1 aromatic carbocycles. The van der Waals surface area contributed by atoms with Crippen LogP contribution >= 0.6 is 0 Å². The summed E-state index contributed by atoms with van der Waals surface area (Å²) in [7, 11) is 1.83. The van der Waals surface area contributed by atoms with Crippen LogP contribution < -0.4 is 10.6 Å². The van der Waals surface area contributed by atoms with Crippen LogP contribution in [-0.2, 0) is 9.47 Å². The summed E-state index contributed by atoms with van der Waals surface area (Å²) in [6, 6.07) is 11.0. The number of hydrogen-bond acceptors (Lipinski definition) is 5. The summed E-state index contributed by atoms with van der Waals surface area (Å²) in [5.74, 6) is 0.859. The highest BCUT2D eigenvalue weighted by atomic mass is 16.5. The first kappa shape index (κ1) is 20.1. The Morgan fingerprint density at radius 2 is 1.67 bits per heavy atom. The van der Waals surface area contributed by atoms with Gasteiger partial charge in [0, 0.05) is 52.9 Å². The molecule has 0 bridgehead atoms. The fraction of sp³-hybridized carbons (Fsp3) is 0.650. The molecule has 2 aliphatic heterocycles. The quantitative estimate of drug-likeness (QED) is 0.536. The summed E-state index contributed by atoms with van der Waals surface area (Å²) >= 11 is 0. The Bertz CT molecular complexity index is 557. The van der Waals surface area contributed by atoms with Crippen molar-refractivity contribution in [3.63, 3.8) is 0 Å². The molecule has 3 rings (SSSR count). The molecule has 0 amide bonds. The van der Waals surface area contributed by atoms with E-state index in [0.29, 0.717) is 6.04 Å². The van der Waals surface area contributed by atoms with Crippen molar-refractivity contribution >= 4 is 5.96 Å². The molecule has 0 spiro atoms. The maximum absolute atomic E-state index is 5.53. The number of benzene rings is 1. The molecule has 2 aliphatic rings. The maximum Gasteiger partial charge on any atom is 0.191 e. The molecule has 0 saturated carbocycles. The van der Waals surface area contributed by atoms with Gasteiger partial charge in [-0.1, -0.05) is 30.3 Å². The van der Waals surface area contributed by atoms with Gasteiger partial charge in [-0.05, 0) is 5.56 Å². The van der Waals surface area contributed by atoms with Gasteiger partial charge in [-0.15, -0.1) is 0 Å². The molecule has 7 nitrogen and oxygen atoms in total. The SMILES string of the molecule is CN=C(NCCN1CCOCC1)NCC(c1ccccc1)N1CCOCC1. The second-order valence-electron chi connectivity index (χ2n) is 6.91. The maximum atomic E-state index is 5.53. The van der Waals surface area contributed by atoms with Crippen molar-refractivity contribution in [3.8, 4) is 0 Å². The molecule has 0 radical (unpaired) electrons. The molecular weight excluding hydrogens is 342 g/mol. The summed E-state index contributed by atoms with van der Waals surface area (Å²) in [6.07, 6.45) is 0. The Balaban J connectivity index is 1.50. The van der Waals surface area contributed by atoms with E-state index in [-0.39, 0.29) is 0 Å². The van der Waals surface area contributed by atoms with Crippen LogP contribution in [0.1, 0.15) is 11.6 Å². The van der Waals surface area contributed by atoms with E-state index in [2.05, 4.69) is 55.8 Å². The third-order valence-corrected chi connectivity index (χ3v) is 5.18. The van der Waals surface area contributed by atoms with E-state index < -0.39 is 0 Å². The fourth-order valence-corrected chi connectivity index (χ4v) is 3.59. The first-order valence-corrected chi connectivity index (χ1v) is 9.98. The van der Waals surface area contributed by atoms with Crippen molar-refractivity contribution in [2.45, 2.75) is 6.04 Å². The zero-order valence-electron chi connectivity index (χ0n) is 16.4. The highest BCUT2D eigenvalue weighted by molar-refractivity contribution is 5.79. The monoisotopic (exact) mass is 375 g/mol. The third kappa shape index (κ3) is 6.46. The molecule has 2 heterocycles. The molecule has 2 N–H and O–H groups in total. The third-order valence-electron chi connectivity index (χ3n) is 5.18. The van der Waals surface area contributed by atoms with Crippen molar-refractivity contribution in [2.24, 2.45) is 4.99 Å². The minimum Gasteiger partial charge on any atom is -0.379 e. The van der Waals surface area contributed by atoms with Crippen molar-refractivity contribution in [2.75, 3.05) is 79.3 Å². The highest BCUT2D eigenvalue weighted by Gasteiger charge is 2.22. The zero-order chi connectivity index (χ0) is 18.7. The van der Waals surface area contributed by atoms with Crippen LogP contribution in [0.25, 0.3) is 0 Å². The first-order chi connectivity index (χ1) is 13.4. The van der Waals surface area contributed by atoms with E-state index in [1.54, 1.807) is 0 Å². The Kier molecular flexibility index (Phi) is 8.35. The average molecular weight is 376 g/mol. The van der Waals surface area contributed by atoms with Crippen LogP contribution in [-0.4, -0.2) is 95.0 Å². The number of ether oxygens (including phenoxy) is 2. The molecule has 1 aromatic rings. The number of nitrogens with zero attached hydrogens (tertiary/aromatic N) is 3. The summed E-state index contributed by atoms with van der Waals surface area (Å²) in [5, 5.41) is 6.96. The normalized spacial score (nSPS) is 21.0. The van der Waals surface area contributed by atoms with E-state index in [1.807, 2.05) is 7.05 Å². The lowest BCUT2D eigenvalue weighted by molar-refractivity contribution is 0.0170. The van der Waals surface area contributed by atoms with Crippen LogP contribution in [0.2, 0.25) is 0 Å². The number of rotatable bonds is 7. The van der Waals surface area contributed by atoms with E-state index in [1.165, 1.54) is 5.56 Å². The van der Waals surface area contributed by atoms with E-state index in [4.69, 9.17) is 9.47 Å². The Morgan fingerprint density at radius 3 is 2.33 bits per heavy atom. The molecule has 0 aromatic heterocycles. The summed E-state index contributed by atoms with van der Waals surface area (Å²) in [6.45, 7) is 9.95. The average Bonchev–Trinajstić information content (AvgIpc) is 2.75. The topological polar surface area (TPSA) is 61.4 Å². The van der Waals surface area contributed by atoms with Gasteiger partial charge in [0.1, 0.15) is 0 Å². The molecule has 2 saturated heterocycles. The smallest absolute Gasteiger partial charge is 0.191 e. The molecule has 27 heavy (non-hydrogen) atoms. The minimum atomic E-state index is 0.313. The molecule has 7 heteroatoms.